The van der Waals surface area contributed by atoms with Crippen LogP contribution in [0.4, 0.5) is 0 Å². The molecule has 2 bridgehead atoms. The van der Waals surface area contributed by atoms with Crippen molar-refractivity contribution >= 4 is 0 Å². The van der Waals surface area contributed by atoms with Crippen molar-refractivity contribution in [2.24, 2.45) is 0 Å². The van der Waals surface area contributed by atoms with Gasteiger partial charge < -0.3 is 10.0 Å². The molecule has 1 aromatic heterocycles. The molecule has 0 radical (unpaired) electrons. The second-order valence-corrected chi connectivity index (χ2v) is 5.73. The molecule has 3 heterocycles. The van der Waals surface area contributed by atoms with Crippen molar-refractivity contribution in [1.82, 2.24) is 14.9 Å². The first kappa shape index (κ1) is 12.1. The van der Waals surface area contributed by atoms with Crippen molar-refractivity contribution in [2.45, 2.75) is 57.2 Å². The highest BCUT2D eigenvalue weighted by Gasteiger charge is 2.39. The molecule has 0 saturated carbocycles. The van der Waals surface area contributed by atoms with Crippen LogP contribution in [0.2, 0.25) is 0 Å². The molecule has 0 spiro atoms. The number of hydrogen-bond donors (Lipinski definition) is 1. The summed E-state index contributed by atoms with van der Waals surface area (Å²) in [7, 11) is 2.24. The largest absolute Gasteiger partial charge is 0.390 e. The minimum atomic E-state index is 0.0147. The number of rotatable bonds is 2. The van der Waals surface area contributed by atoms with Crippen LogP contribution in [0.15, 0.2) is 6.20 Å². The van der Waals surface area contributed by atoms with E-state index in [1.165, 1.54) is 25.7 Å². The van der Waals surface area contributed by atoms with E-state index in [4.69, 9.17) is 0 Å². The molecule has 2 fully saturated rings. The molecule has 4 heteroatoms. The Morgan fingerprint density at radius 1 is 1.33 bits per heavy atom. The maximum Gasteiger partial charge on any atom is 0.131 e. The third-order valence-electron chi connectivity index (χ3n) is 4.71. The van der Waals surface area contributed by atoms with Crippen molar-refractivity contribution < 1.29 is 5.11 Å². The monoisotopic (exact) mass is 247 g/mol. The van der Waals surface area contributed by atoms with Crippen LogP contribution < -0.4 is 0 Å². The summed E-state index contributed by atoms with van der Waals surface area (Å²) in [6, 6.07) is 1.41. The topological polar surface area (TPSA) is 49.2 Å². The third-order valence-corrected chi connectivity index (χ3v) is 4.71. The molecule has 2 unspecified atom stereocenters. The van der Waals surface area contributed by atoms with E-state index in [-0.39, 0.29) is 6.61 Å². The van der Waals surface area contributed by atoms with Crippen molar-refractivity contribution in [1.29, 1.82) is 0 Å². The van der Waals surface area contributed by atoms with Crippen LogP contribution in [0, 0.1) is 6.92 Å². The van der Waals surface area contributed by atoms with Gasteiger partial charge in [-0.1, -0.05) is 0 Å². The minimum Gasteiger partial charge on any atom is -0.390 e. The van der Waals surface area contributed by atoms with E-state index >= 15 is 0 Å². The van der Waals surface area contributed by atoms with E-state index in [9.17, 15) is 5.11 Å². The Hall–Kier alpha value is -1.00. The van der Waals surface area contributed by atoms with Gasteiger partial charge in [-0.15, -0.1) is 0 Å². The Balaban J connectivity index is 1.84. The lowest BCUT2D eigenvalue weighted by Crippen LogP contribution is -2.39. The molecule has 18 heavy (non-hydrogen) atoms. The lowest BCUT2D eigenvalue weighted by Gasteiger charge is -2.35. The summed E-state index contributed by atoms with van der Waals surface area (Å²) in [5.74, 6) is 1.42. The Bertz CT molecular complexity index is 435. The molecule has 0 aliphatic carbocycles. The van der Waals surface area contributed by atoms with Gasteiger partial charge in [0.1, 0.15) is 5.82 Å². The smallest absolute Gasteiger partial charge is 0.131 e. The number of aliphatic hydroxyl groups excluding tert-OH is 1. The van der Waals surface area contributed by atoms with Gasteiger partial charge in [-0.3, -0.25) is 0 Å². The Morgan fingerprint density at radius 2 is 2.00 bits per heavy atom. The summed E-state index contributed by atoms with van der Waals surface area (Å²) >= 11 is 0. The maximum absolute atomic E-state index is 9.30. The lowest BCUT2D eigenvalue weighted by atomic mass is 9.90. The van der Waals surface area contributed by atoms with Crippen molar-refractivity contribution in [3.8, 4) is 0 Å². The summed E-state index contributed by atoms with van der Waals surface area (Å²) in [4.78, 5) is 11.6. The highest BCUT2D eigenvalue weighted by atomic mass is 16.3. The lowest BCUT2D eigenvalue weighted by molar-refractivity contribution is 0.158. The maximum atomic E-state index is 9.30. The second-order valence-electron chi connectivity index (χ2n) is 5.73. The zero-order chi connectivity index (χ0) is 12.7. The molecule has 0 aromatic carbocycles. The van der Waals surface area contributed by atoms with Gasteiger partial charge in [0.15, 0.2) is 0 Å². The van der Waals surface area contributed by atoms with E-state index in [2.05, 4.69) is 21.9 Å². The van der Waals surface area contributed by atoms with Gasteiger partial charge in [0.2, 0.25) is 0 Å². The number of fused-ring (bicyclic) bond motifs is 2. The molecule has 1 N–H and O–H groups in total. The number of aliphatic hydroxyl groups is 1. The fourth-order valence-corrected chi connectivity index (χ4v) is 3.47. The van der Waals surface area contributed by atoms with Crippen LogP contribution >= 0.6 is 0 Å². The molecule has 1 aromatic rings. The first-order valence-electron chi connectivity index (χ1n) is 6.84. The molecule has 2 atom stereocenters. The van der Waals surface area contributed by atoms with E-state index in [0.717, 1.165) is 17.1 Å². The molecule has 3 rings (SSSR count). The number of aryl methyl sites for hydroxylation is 1. The van der Waals surface area contributed by atoms with Gasteiger partial charge in [-0.2, -0.15) is 0 Å². The summed E-state index contributed by atoms with van der Waals surface area (Å²) in [6.07, 6.45) is 6.82. The zero-order valence-electron chi connectivity index (χ0n) is 11.1. The number of piperidine rings is 1. The molecule has 2 aliphatic rings. The first-order valence-corrected chi connectivity index (χ1v) is 6.84. The molecular weight excluding hydrogens is 226 g/mol. The second kappa shape index (κ2) is 4.59. The normalized spacial score (nSPS) is 31.8. The zero-order valence-corrected chi connectivity index (χ0v) is 11.1. The van der Waals surface area contributed by atoms with Crippen LogP contribution in [0.3, 0.4) is 0 Å². The van der Waals surface area contributed by atoms with E-state index in [0.29, 0.717) is 18.0 Å². The van der Waals surface area contributed by atoms with Crippen LogP contribution in [-0.2, 0) is 6.61 Å². The third kappa shape index (κ3) is 1.93. The standard InChI is InChI=1S/C14H21N3O/c1-9-7-15-14(16-13(9)8-18)10-5-11-3-4-12(6-10)17(11)2/h7,10-12,18H,3-6,8H2,1-2H3. The van der Waals surface area contributed by atoms with Gasteiger partial charge in [0, 0.05) is 24.2 Å². The Labute approximate surface area is 108 Å². The summed E-state index contributed by atoms with van der Waals surface area (Å²) in [6.45, 7) is 1.97. The molecule has 0 amide bonds. The summed E-state index contributed by atoms with van der Waals surface area (Å²) in [5.41, 5.74) is 1.77. The molecule has 2 aliphatic heterocycles. The van der Waals surface area contributed by atoms with Gasteiger partial charge in [0.25, 0.3) is 0 Å². The predicted molar refractivity (Wildman–Crippen MR) is 69.2 cm³/mol. The van der Waals surface area contributed by atoms with Crippen molar-refractivity contribution in [3.63, 3.8) is 0 Å². The van der Waals surface area contributed by atoms with Gasteiger partial charge in [0.05, 0.1) is 12.3 Å². The predicted octanol–water partition coefficient (Wildman–Crippen LogP) is 1.62. The van der Waals surface area contributed by atoms with E-state index in [1.54, 1.807) is 0 Å². The Morgan fingerprint density at radius 3 is 2.61 bits per heavy atom. The van der Waals surface area contributed by atoms with Gasteiger partial charge in [-0.25, -0.2) is 9.97 Å². The average molecular weight is 247 g/mol. The SMILES string of the molecule is Cc1cnc(C2CC3CCC(C2)N3C)nc1CO. The van der Waals surface area contributed by atoms with Gasteiger partial charge in [-0.05, 0) is 45.2 Å². The molecule has 2 saturated heterocycles. The highest BCUT2D eigenvalue weighted by molar-refractivity contribution is 5.17. The summed E-state index contributed by atoms with van der Waals surface area (Å²) in [5, 5.41) is 9.30. The van der Waals surface area contributed by atoms with Crippen molar-refractivity contribution in [3.05, 3.63) is 23.3 Å². The fourth-order valence-electron chi connectivity index (χ4n) is 3.47. The van der Waals surface area contributed by atoms with Crippen LogP contribution in [0.25, 0.3) is 0 Å². The Kier molecular flexibility index (Phi) is 3.08. The molecule has 4 nitrogen and oxygen atoms in total. The van der Waals surface area contributed by atoms with Crippen molar-refractivity contribution in [2.75, 3.05) is 7.05 Å². The van der Waals surface area contributed by atoms with E-state index < -0.39 is 0 Å². The van der Waals surface area contributed by atoms with Crippen LogP contribution in [0.1, 0.15) is 48.7 Å². The number of nitrogens with zero attached hydrogens (tertiary/aromatic N) is 3. The summed E-state index contributed by atoms with van der Waals surface area (Å²) < 4.78 is 0. The molecule has 98 valence electrons. The van der Waals surface area contributed by atoms with Crippen LogP contribution in [-0.4, -0.2) is 39.1 Å². The number of hydrogen-bond acceptors (Lipinski definition) is 4. The molecular formula is C14H21N3O. The minimum absolute atomic E-state index is 0.0147. The average Bonchev–Trinajstić information content (AvgIpc) is 2.62. The quantitative estimate of drug-likeness (QED) is 0.862. The van der Waals surface area contributed by atoms with E-state index in [1.807, 2.05) is 13.1 Å². The highest BCUT2D eigenvalue weighted by Crippen LogP contribution is 2.41. The van der Waals surface area contributed by atoms with Crippen LogP contribution in [0.5, 0.6) is 0 Å². The number of aromatic nitrogens is 2. The fraction of sp³-hybridized carbons (Fsp3) is 0.714. The first-order chi connectivity index (χ1) is 8.69. The van der Waals surface area contributed by atoms with Gasteiger partial charge >= 0.3 is 0 Å².